The smallest absolute Gasteiger partial charge is 0.263 e. The molecule has 3 N–H and O–H groups in total. The first-order valence-electron chi connectivity index (χ1n) is 11.8. The first kappa shape index (κ1) is 24.5. The van der Waals surface area contributed by atoms with Gasteiger partial charge in [-0.3, -0.25) is 9.20 Å². The summed E-state index contributed by atoms with van der Waals surface area (Å²) in [6, 6.07) is 21.8. The van der Waals surface area contributed by atoms with Gasteiger partial charge in [0.15, 0.2) is 0 Å². The van der Waals surface area contributed by atoms with Crippen LogP contribution >= 0.6 is 0 Å². The van der Waals surface area contributed by atoms with Crippen LogP contribution in [0.3, 0.4) is 0 Å². The molecule has 188 valence electrons. The Bertz CT molecular complexity index is 1730. The van der Waals surface area contributed by atoms with Gasteiger partial charge in [-0.05, 0) is 47.4 Å². The molecule has 0 unspecified atom stereocenters. The average molecular weight is 507 g/mol. The maximum atomic E-state index is 14.3. The molecule has 38 heavy (non-hydrogen) atoms. The fourth-order valence-corrected chi connectivity index (χ4v) is 4.56. The Morgan fingerprint density at radius 3 is 2.47 bits per heavy atom. The van der Waals surface area contributed by atoms with E-state index in [2.05, 4.69) is 15.3 Å². The normalized spacial score (nSPS) is 10.8. The average Bonchev–Trinajstić information content (AvgIpc) is 2.94. The molecule has 5 rings (SSSR count). The lowest BCUT2D eigenvalue weighted by molar-refractivity contribution is 0.415. The summed E-state index contributed by atoms with van der Waals surface area (Å²) in [6.45, 7) is 0.338. The second kappa shape index (κ2) is 10.4. The molecule has 3 aromatic heterocycles. The Morgan fingerprint density at radius 1 is 1.03 bits per heavy atom. The maximum Gasteiger partial charge on any atom is 0.263 e. The summed E-state index contributed by atoms with van der Waals surface area (Å²) in [5.41, 5.74) is 9.80. The van der Waals surface area contributed by atoms with Gasteiger partial charge in [-0.25, -0.2) is 14.4 Å². The van der Waals surface area contributed by atoms with E-state index in [-0.39, 0.29) is 16.9 Å². The number of nitrogen functional groups attached to an aromatic ring is 1. The first-order valence-corrected chi connectivity index (χ1v) is 11.8. The van der Waals surface area contributed by atoms with Crippen LogP contribution in [0.2, 0.25) is 0 Å². The fourth-order valence-electron chi connectivity index (χ4n) is 4.56. The zero-order chi connectivity index (χ0) is 26.6. The van der Waals surface area contributed by atoms with E-state index in [4.69, 9.17) is 10.5 Å². The summed E-state index contributed by atoms with van der Waals surface area (Å²) in [7, 11) is 1.59. The number of methoxy groups -OCH3 is 1. The van der Waals surface area contributed by atoms with Crippen molar-refractivity contribution in [1.82, 2.24) is 14.4 Å². The van der Waals surface area contributed by atoms with Gasteiger partial charge in [0.2, 0.25) is 0 Å². The second-order valence-electron chi connectivity index (χ2n) is 8.50. The van der Waals surface area contributed by atoms with E-state index in [1.54, 1.807) is 13.2 Å². The number of nitrogens with one attached hydrogen (secondary N) is 1. The highest BCUT2D eigenvalue weighted by atomic mass is 19.1. The number of anilines is 2. The number of ether oxygens (including phenoxy) is 1. The number of hydrogen-bond donors (Lipinski definition) is 2. The van der Waals surface area contributed by atoms with Gasteiger partial charge in [-0.15, -0.1) is 0 Å². The van der Waals surface area contributed by atoms with Crippen LogP contribution in [0.15, 0.2) is 84.0 Å². The summed E-state index contributed by atoms with van der Waals surface area (Å²) in [6.07, 6.45) is 2.89. The number of nitrogens with zero attached hydrogens (tertiary/aromatic N) is 4. The Hall–Kier alpha value is -5.23. The van der Waals surface area contributed by atoms with Gasteiger partial charge in [0.05, 0.1) is 18.2 Å². The number of aromatic nitrogens is 3. The van der Waals surface area contributed by atoms with Crippen molar-refractivity contribution < 1.29 is 9.13 Å². The molecule has 0 atom stereocenters. The van der Waals surface area contributed by atoms with Gasteiger partial charge < -0.3 is 15.8 Å². The van der Waals surface area contributed by atoms with Crippen molar-refractivity contribution in [3.05, 3.63) is 107 Å². The number of fused-ring (bicyclic) bond motifs is 1. The van der Waals surface area contributed by atoms with Crippen molar-refractivity contribution in [2.45, 2.75) is 6.42 Å². The Kier molecular flexibility index (Phi) is 6.70. The standard InChI is InChI=1S/C29H23FN6O2/c1-38-21-10-7-19(8-11-21)25-22(13-14-33-28-23(15-31)27(32)34-17-35-28)26(18-5-3-2-4-6-18)29(37)36-16-20(30)9-12-24(25)36/h2-12,16-17H,13-14H2,1H3,(H3,32,33,34,35). The lowest BCUT2D eigenvalue weighted by Crippen LogP contribution is -2.21. The zero-order valence-corrected chi connectivity index (χ0v) is 20.5. The molecule has 0 fully saturated rings. The Labute approximate surface area is 217 Å². The maximum absolute atomic E-state index is 14.3. The van der Waals surface area contributed by atoms with E-state index in [1.807, 2.05) is 60.7 Å². The van der Waals surface area contributed by atoms with E-state index in [0.717, 1.165) is 16.7 Å². The minimum absolute atomic E-state index is 0.0832. The number of rotatable bonds is 7. The molecule has 0 aliphatic heterocycles. The Balaban J connectivity index is 1.73. The molecule has 9 heteroatoms. The molecule has 3 heterocycles. The van der Waals surface area contributed by atoms with E-state index in [1.165, 1.54) is 23.0 Å². The van der Waals surface area contributed by atoms with Crippen LogP contribution in [0.4, 0.5) is 16.0 Å². The molecule has 8 nitrogen and oxygen atoms in total. The van der Waals surface area contributed by atoms with Gasteiger partial charge in [0.25, 0.3) is 5.56 Å². The van der Waals surface area contributed by atoms with E-state index >= 15 is 0 Å². The number of nitriles is 1. The van der Waals surface area contributed by atoms with Gasteiger partial charge in [0.1, 0.15) is 41.2 Å². The van der Waals surface area contributed by atoms with Gasteiger partial charge in [0, 0.05) is 18.3 Å². The fraction of sp³-hybridized carbons (Fsp3) is 0.103. The van der Waals surface area contributed by atoms with Crippen molar-refractivity contribution >= 4 is 17.2 Å². The lowest BCUT2D eigenvalue weighted by Gasteiger charge is -2.19. The van der Waals surface area contributed by atoms with Crippen LogP contribution < -0.4 is 21.3 Å². The van der Waals surface area contributed by atoms with E-state index < -0.39 is 5.82 Å². The second-order valence-corrected chi connectivity index (χ2v) is 8.50. The SMILES string of the molecule is COc1ccc(-c2c(CCNc3ncnc(N)c3C#N)c(-c3ccccc3)c(=O)n3cc(F)ccc23)cc1. The van der Waals surface area contributed by atoms with E-state index in [0.29, 0.717) is 41.2 Å². The number of hydrogen-bond acceptors (Lipinski definition) is 7. The van der Waals surface area contributed by atoms with Crippen LogP contribution in [0.1, 0.15) is 11.1 Å². The predicted octanol–water partition coefficient (Wildman–Crippen LogP) is 4.68. The number of pyridine rings is 2. The minimum Gasteiger partial charge on any atom is -0.497 e. The number of benzene rings is 2. The monoisotopic (exact) mass is 506 g/mol. The lowest BCUT2D eigenvalue weighted by atomic mass is 9.90. The first-order chi connectivity index (χ1) is 18.5. The molecule has 0 radical (unpaired) electrons. The molecule has 0 aliphatic carbocycles. The summed E-state index contributed by atoms with van der Waals surface area (Å²) >= 11 is 0. The van der Waals surface area contributed by atoms with Crippen LogP contribution in [0, 0.1) is 17.1 Å². The molecule has 2 aromatic carbocycles. The summed E-state index contributed by atoms with van der Waals surface area (Å²) < 4.78 is 21.0. The van der Waals surface area contributed by atoms with E-state index in [9.17, 15) is 14.4 Å². The highest BCUT2D eigenvalue weighted by Crippen LogP contribution is 2.35. The van der Waals surface area contributed by atoms with Crippen molar-refractivity contribution in [2.75, 3.05) is 24.7 Å². The zero-order valence-electron chi connectivity index (χ0n) is 20.5. The predicted molar refractivity (Wildman–Crippen MR) is 144 cm³/mol. The quantitative estimate of drug-likeness (QED) is 0.329. The molecule has 0 saturated carbocycles. The molecule has 0 aliphatic rings. The topological polar surface area (TPSA) is 118 Å². The van der Waals surface area contributed by atoms with Gasteiger partial charge in [-0.1, -0.05) is 42.5 Å². The molecular weight excluding hydrogens is 483 g/mol. The van der Waals surface area contributed by atoms with Gasteiger partial charge >= 0.3 is 0 Å². The Morgan fingerprint density at radius 2 is 1.76 bits per heavy atom. The largest absolute Gasteiger partial charge is 0.497 e. The summed E-state index contributed by atoms with van der Waals surface area (Å²) in [4.78, 5) is 21.9. The molecule has 0 bridgehead atoms. The summed E-state index contributed by atoms with van der Waals surface area (Å²) in [5, 5.41) is 12.6. The third kappa shape index (κ3) is 4.51. The highest BCUT2D eigenvalue weighted by molar-refractivity contribution is 5.89. The van der Waals surface area contributed by atoms with Crippen molar-refractivity contribution in [3.8, 4) is 34.1 Å². The van der Waals surface area contributed by atoms with Crippen molar-refractivity contribution in [2.24, 2.45) is 0 Å². The van der Waals surface area contributed by atoms with Crippen LogP contribution in [0.5, 0.6) is 5.75 Å². The van der Waals surface area contributed by atoms with Gasteiger partial charge in [-0.2, -0.15) is 5.26 Å². The van der Waals surface area contributed by atoms with Crippen LogP contribution in [0.25, 0.3) is 27.8 Å². The van der Waals surface area contributed by atoms with Crippen LogP contribution in [-0.2, 0) is 6.42 Å². The summed E-state index contributed by atoms with van der Waals surface area (Å²) in [5.74, 6) is 0.569. The molecule has 5 aromatic rings. The highest BCUT2D eigenvalue weighted by Gasteiger charge is 2.21. The third-order valence-corrected chi connectivity index (χ3v) is 6.30. The number of nitrogens with two attached hydrogens (primary N) is 1. The van der Waals surface area contributed by atoms with Crippen molar-refractivity contribution in [1.29, 1.82) is 5.26 Å². The van der Waals surface area contributed by atoms with Crippen LogP contribution in [-0.4, -0.2) is 28.0 Å². The molecule has 0 spiro atoms. The number of halogens is 1. The van der Waals surface area contributed by atoms with Crippen molar-refractivity contribution in [3.63, 3.8) is 0 Å². The third-order valence-electron chi connectivity index (χ3n) is 6.30. The molecule has 0 amide bonds. The molecule has 0 saturated heterocycles. The molecular formula is C29H23FN6O2. The minimum atomic E-state index is -0.515.